The van der Waals surface area contributed by atoms with Crippen LogP contribution in [0.3, 0.4) is 0 Å². The summed E-state index contributed by atoms with van der Waals surface area (Å²) in [5.41, 5.74) is 2.13. The van der Waals surface area contributed by atoms with Gasteiger partial charge in [0.15, 0.2) is 0 Å². The van der Waals surface area contributed by atoms with Crippen molar-refractivity contribution in [3.05, 3.63) is 52.8 Å². The lowest BCUT2D eigenvalue weighted by atomic mass is 10.1. The van der Waals surface area contributed by atoms with Crippen molar-refractivity contribution in [2.45, 2.75) is 39.8 Å². The first-order chi connectivity index (χ1) is 9.85. The first kappa shape index (κ1) is 15.8. The topological polar surface area (TPSA) is 34.1 Å². The Hall–Kier alpha value is -1.58. The summed E-state index contributed by atoms with van der Waals surface area (Å²) in [6.07, 6.45) is 3.52. The average Bonchev–Trinajstić information content (AvgIpc) is 2.40. The maximum atomic E-state index is 6.00. The smallest absolute Gasteiger partial charge is 0.150 e. The molecule has 0 fully saturated rings. The molecule has 0 aliphatic rings. The van der Waals surface area contributed by atoms with Crippen molar-refractivity contribution in [2.75, 3.05) is 0 Å². The van der Waals surface area contributed by atoms with Crippen LogP contribution in [0.4, 0.5) is 0 Å². The first-order valence-electron chi connectivity index (χ1n) is 6.97. The van der Waals surface area contributed by atoms with Crippen LogP contribution in [0.15, 0.2) is 36.7 Å². The fraction of sp³-hybridized carbons (Fsp3) is 0.353. The van der Waals surface area contributed by atoms with Crippen molar-refractivity contribution in [3.63, 3.8) is 0 Å². The van der Waals surface area contributed by atoms with E-state index in [1.54, 1.807) is 12.4 Å². The fourth-order valence-electron chi connectivity index (χ4n) is 1.85. The van der Waals surface area contributed by atoms with Crippen molar-refractivity contribution in [3.8, 4) is 11.5 Å². The summed E-state index contributed by atoms with van der Waals surface area (Å²) in [4.78, 5) is 4.15. The number of hydrogen-bond donors (Lipinski definition) is 1. The fourth-order valence-corrected chi connectivity index (χ4v) is 2.08. The van der Waals surface area contributed by atoms with Gasteiger partial charge in [0.05, 0.1) is 6.20 Å². The minimum absolute atomic E-state index is 0.0523. The standard InChI is InChI=1S/C17H21ClN2O/c1-12-9-14(18)5-6-15(12)21-16-11-19-8-7-13(16)10-20-17(2,3)4/h5-9,11,20H,10H2,1-4H3. The minimum atomic E-state index is 0.0523. The molecule has 3 nitrogen and oxygen atoms in total. The second-order valence-electron chi connectivity index (χ2n) is 6.10. The lowest BCUT2D eigenvalue weighted by molar-refractivity contribution is 0.413. The van der Waals surface area contributed by atoms with Crippen LogP contribution in [0.1, 0.15) is 31.9 Å². The minimum Gasteiger partial charge on any atom is -0.455 e. The van der Waals surface area contributed by atoms with Crippen LogP contribution in [0.2, 0.25) is 5.02 Å². The molecule has 0 aliphatic heterocycles. The number of pyridine rings is 1. The number of nitrogens with one attached hydrogen (secondary N) is 1. The number of aryl methyl sites for hydroxylation is 1. The van der Waals surface area contributed by atoms with Gasteiger partial charge in [0, 0.05) is 28.9 Å². The van der Waals surface area contributed by atoms with Crippen LogP contribution in [0.25, 0.3) is 0 Å². The van der Waals surface area contributed by atoms with Crippen molar-refractivity contribution in [1.29, 1.82) is 0 Å². The molecule has 4 heteroatoms. The molecule has 0 amide bonds. The van der Waals surface area contributed by atoms with Crippen molar-refractivity contribution in [2.24, 2.45) is 0 Å². The molecule has 2 aromatic rings. The van der Waals surface area contributed by atoms with Gasteiger partial charge in [-0.25, -0.2) is 0 Å². The molecule has 1 aromatic carbocycles. The zero-order valence-electron chi connectivity index (χ0n) is 12.9. The molecule has 0 bridgehead atoms. The molecule has 1 N–H and O–H groups in total. The molecular formula is C17H21ClN2O. The SMILES string of the molecule is Cc1cc(Cl)ccc1Oc1cnccc1CNC(C)(C)C. The number of halogens is 1. The summed E-state index contributed by atoms with van der Waals surface area (Å²) in [6, 6.07) is 7.57. The van der Waals surface area contributed by atoms with Gasteiger partial charge in [0.1, 0.15) is 11.5 Å². The van der Waals surface area contributed by atoms with E-state index < -0.39 is 0 Å². The zero-order chi connectivity index (χ0) is 15.5. The van der Waals surface area contributed by atoms with Gasteiger partial charge in [0.25, 0.3) is 0 Å². The van der Waals surface area contributed by atoms with Crippen molar-refractivity contribution in [1.82, 2.24) is 10.3 Å². The van der Waals surface area contributed by atoms with Crippen LogP contribution in [-0.2, 0) is 6.54 Å². The molecule has 0 spiro atoms. The third kappa shape index (κ3) is 4.73. The van der Waals surface area contributed by atoms with Gasteiger partial charge in [-0.2, -0.15) is 0 Å². The zero-order valence-corrected chi connectivity index (χ0v) is 13.7. The van der Waals surface area contributed by atoms with E-state index >= 15 is 0 Å². The van der Waals surface area contributed by atoms with Crippen LogP contribution in [-0.4, -0.2) is 10.5 Å². The van der Waals surface area contributed by atoms with Gasteiger partial charge in [0.2, 0.25) is 0 Å². The second-order valence-corrected chi connectivity index (χ2v) is 6.54. The summed E-state index contributed by atoms with van der Waals surface area (Å²) in [5, 5.41) is 4.17. The van der Waals surface area contributed by atoms with Crippen molar-refractivity contribution >= 4 is 11.6 Å². The summed E-state index contributed by atoms with van der Waals surface area (Å²) in [6.45, 7) is 9.12. The molecule has 0 radical (unpaired) electrons. The van der Waals surface area contributed by atoms with E-state index in [0.717, 1.165) is 29.2 Å². The highest BCUT2D eigenvalue weighted by Gasteiger charge is 2.12. The molecule has 21 heavy (non-hydrogen) atoms. The third-order valence-electron chi connectivity index (χ3n) is 3.04. The number of rotatable bonds is 4. The van der Waals surface area contributed by atoms with E-state index in [0.29, 0.717) is 5.02 Å². The quantitative estimate of drug-likeness (QED) is 0.887. The Morgan fingerprint density at radius 2 is 1.95 bits per heavy atom. The molecule has 1 aromatic heterocycles. The molecule has 2 rings (SSSR count). The van der Waals surface area contributed by atoms with Gasteiger partial charge in [-0.1, -0.05) is 11.6 Å². The molecule has 1 heterocycles. The van der Waals surface area contributed by atoms with Gasteiger partial charge in [-0.15, -0.1) is 0 Å². The van der Waals surface area contributed by atoms with Gasteiger partial charge in [-0.05, 0) is 57.5 Å². The van der Waals surface area contributed by atoms with Crippen LogP contribution in [0, 0.1) is 6.92 Å². The van der Waals surface area contributed by atoms with Crippen LogP contribution in [0.5, 0.6) is 11.5 Å². The summed E-state index contributed by atoms with van der Waals surface area (Å²) < 4.78 is 6.00. The number of benzene rings is 1. The van der Waals surface area contributed by atoms with Crippen molar-refractivity contribution < 1.29 is 4.74 Å². The Morgan fingerprint density at radius 3 is 2.62 bits per heavy atom. The van der Waals surface area contributed by atoms with E-state index in [1.165, 1.54) is 0 Å². The highest BCUT2D eigenvalue weighted by atomic mass is 35.5. The van der Waals surface area contributed by atoms with E-state index in [1.807, 2.05) is 31.2 Å². The van der Waals surface area contributed by atoms with Gasteiger partial charge >= 0.3 is 0 Å². The number of aromatic nitrogens is 1. The molecule has 112 valence electrons. The summed E-state index contributed by atoms with van der Waals surface area (Å²) in [5.74, 6) is 1.56. The lowest BCUT2D eigenvalue weighted by Gasteiger charge is -2.21. The molecule has 0 aliphatic carbocycles. The summed E-state index contributed by atoms with van der Waals surface area (Å²) >= 11 is 5.97. The highest BCUT2D eigenvalue weighted by Crippen LogP contribution is 2.29. The average molecular weight is 305 g/mol. The van der Waals surface area contributed by atoms with Gasteiger partial charge < -0.3 is 10.1 Å². The van der Waals surface area contributed by atoms with E-state index in [2.05, 4.69) is 31.1 Å². The predicted molar refractivity (Wildman–Crippen MR) is 87.1 cm³/mol. The van der Waals surface area contributed by atoms with E-state index in [9.17, 15) is 0 Å². The number of hydrogen-bond acceptors (Lipinski definition) is 3. The highest BCUT2D eigenvalue weighted by molar-refractivity contribution is 6.30. The molecule has 0 atom stereocenters. The molecule has 0 saturated heterocycles. The molecular weight excluding hydrogens is 284 g/mol. The Labute approximate surface area is 131 Å². The Morgan fingerprint density at radius 1 is 1.19 bits per heavy atom. The monoisotopic (exact) mass is 304 g/mol. The number of ether oxygens (including phenoxy) is 1. The van der Waals surface area contributed by atoms with Crippen LogP contribution < -0.4 is 10.1 Å². The predicted octanol–water partition coefficient (Wildman–Crippen LogP) is 4.72. The molecule has 0 unspecified atom stereocenters. The Balaban J connectivity index is 2.20. The molecule has 0 saturated carbocycles. The van der Waals surface area contributed by atoms with Gasteiger partial charge in [-0.3, -0.25) is 4.98 Å². The van der Waals surface area contributed by atoms with E-state index in [4.69, 9.17) is 16.3 Å². The normalized spacial score (nSPS) is 11.5. The first-order valence-corrected chi connectivity index (χ1v) is 7.35. The Kier molecular flexibility index (Phi) is 4.86. The third-order valence-corrected chi connectivity index (χ3v) is 3.27. The number of nitrogens with zero attached hydrogens (tertiary/aromatic N) is 1. The maximum absolute atomic E-state index is 6.00. The maximum Gasteiger partial charge on any atom is 0.150 e. The Bertz CT molecular complexity index is 620. The lowest BCUT2D eigenvalue weighted by Crippen LogP contribution is -2.35. The largest absolute Gasteiger partial charge is 0.455 e. The second kappa shape index (κ2) is 6.46. The van der Waals surface area contributed by atoms with Crippen LogP contribution >= 0.6 is 11.6 Å². The summed E-state index contributed by atoms with van der Waals surface area (Å²) in [7, 11) is 0. The van der Waals surface area contributed by atoms with E-state index in [-0.39, 0.29) is 5.54 Å².